The molecule has 0 saturated carbocycles. The maximum atomic E-state index is 14.0. The van der Waals surface area contributed by atoms with Gasteiger partial charge in [0.2, 0.25) is 0 Å². The van der Waals surface area contributed by atoms with E-state index >= 15 is 0 Å². The summed E-state index contributed by atoms with van der Waals surface area (Å²) in [6, 6.07) is 9.43. The Kier molecular flexibility index (Phi) is 4.44. The summed E-state index contributed by atoms with van der Waals surface area (Å²) in [7, 11) is 0. The number of aryl methyl sites for hydroxylation is 2. The van der Waals surface area contributed by atoms with E-state index in [0.29, 0.717) is 23.4 Å². The molecule has 0 atom stereocenters. The van der Waals surface area contributed by atoms with Crippen molar-refractivity contribution in [3.05, 3.63) is 69.7 Å². The van der Waals surface area contributed by atoms with E-state index in [-0.39, 0.29) is 17.5 Å². The van der Waals surface area contributed by atoms with E-state index in [0.717, 1.165) is 32.3 Å². The van der Waals surface area contributed by atoms with Crippen LogP contribution >= 0.6 is 11.3 Å². The lowest BCUT2D eigenvalue weighted by molar-refractivity contribution is 0.0958. The average molecular weight is 384 g/mol. The first-order valence-electron chi connectivity index (χ1n) is 8.67. The molecule has 4 aromatic rings. The maximum Gasteiger partial charge on any atom is 0.261 e. The maximum absolute atomic E-state index is 14.0. The third kappa shape index (κ3) is 3.21. The zero-order chi connectivity index (χ0) is 19.1. The number of fused-ring (bicyclic) bond motifs is 2. The zero-order valence-corrected chi connectivity index (χ0v) is 15.8. The van der Waals surface area contributed by atoms with Crippen molar-refractivity contribution in [1.29, 1.82) is 0 Å². The fraction of sp³-hybridized carbons (Fsp3) is 0.190. The summed E-state index contributed by atoms with van der Waals surface area (Å²) in [5.74, 6) is -0.770. The van der Waals surface area contributed by atoms with Gasteiger partial charge in [0, 0.05) is 22.3 Å². The Morgan fingerprint density at radius 2 is 1.96 bits per heavy atom. The van der Waals surface area contributed by atoms with Crippen LogP contribution in [0.2, 0.25) is 0 Å². The van der Waals surface area contributed by atoms with Crippen molar-refractivity contribution < 1.29 is 13.6 Å². The first-order chi connectivity index (χ1) is 12.9. The highest BCUT2D eigenvalue weighted by Crippen LogP contribution is 2.28. The summed E-state index contributed by atoms with van der Waals surface area (Å²) in [4.78, 5) is 16.1. The number of benzene rings is 2. The Balaban J connectivity index is 1.51. The molecule has 0 radical (unpaired) electrons. The summed E-state index contributed by atoms with van der Waals surface area (Å²) >= 11 is 1.34. The lowest BCUT2D eigenvalue weighted by Gasteiger charge is -2.06. The predicted octanol–water partition coefficient (Wildman–Crippen LogP) is 5.25. The van der Waals surface area contributed by atoms with E-state index < -0.39 is 0 Å². The molecule has 2 aromatic heterocycles. The molecule has 0 unspecified atom stereocenters. The minimum atomic E-state index is -0.315. The van der Waals surface area contributed by atoms with E-state index in [9.17, 15) is 13.6 Å². The molecule has 2 aromatic carbocycles. The van der Waals surface area contributed by atoms with Crippen LogP contribution in [0.1, 0.15) is 26.5 Å². The Labute approximate surface area is 159 Å². The highest BCUT2D eigenvalue weighted by molar-refractivity contribution is 7.20. The van der Waals surface area contributed by atoms with Crippen molar-refractivity contribution >= 4 is 38.2 Å². The second kappa shape index (κ2) is 6.78. The minimum absolute atomic E-state index is 0.183. The van der Waals surface area contributed by atoms with Crippen LogP contribution in [0.5, 0.6) is 0 Å². The minimum Gasteiger partial charge on any atom is -0.356 e. The van der Waals surface area contributed by atoms with E-state index in [2.05, 4.69) is 10.3 Å². The van der Waals surface area contributed by atoms with Gasteiger partial charge in [-0.05, 0) is 67.1 Å². The third-order valence-electron chi connectivity index (χ3n) is 4.79. The average Bonchev–Trinajstić information content (AvgIpc) is 3.20. The number of hydrogen-bond donors (Lipinski definition) is 2. The molecule has 0 spiro atoms. The molecule has 0 aliphatic rings. The van der Waals surface area contributed by atoms with Gasteiger partial charge in [-0.15, -0.1) is 11.3 Å². The first-order valence-corrected chi connectivity index (χ1v) is 9.49. The highest BCUT2D eigenvalue weighted by atomic mass is 32.1. The van der Waals surface area contributed by atoms with E-state index in [1.54, 1.807) is 18.2 Å². The van der Waals surface area contributed by atoms with Gasteiger partial charge in [0.05, 0.1) is 10.4 Å². The monoisotopic (exact) mass is 384 g/mol. The number of aromatic nitrogens is 1. The van der Waals surface area contributed by atoms with Crippen LogP contribution < -0.4 is 5.32 Å². The molecule has 0 saturated heterocycles. The van der Waals surface area contributed by atoms with Crippen molar-refractivity contribution in [2.24, 2.45) is 0 Å². The Hall–Kier alpha value is -2.73. The van der Waals surface area contributed by atoms with Gasteiger partial charge in [-0.1, -0.05) is 6.07 Å². The lowest BCUT2D eigenvalue weighted by Crippen LogP contribution is -2.25. The van der Waals surface area contributed by atoms with E-state index in [1.807, 2.05) is 13.8 Å². The van der Waals surface area contributed by atoms with Crippen molar-refractivity contribution in [2.75, 3.05) is 6.54 Å². The predicted molar refractivity (Wildman–Crippen MR) is 106 cm³/mol. The second-order valence-electron chi connectivity index (χ2n) is 6.64. The van der Waals surface area contributed by atoms with Crippen molar-refractivity contribution in [1.82, 2.24) is 10.3 Å². The van der Waals surface area contributed by atoms with Crippen LogP contribution in [0.3, 0.4) is 0 Å². The fourth-order valence-corrected chi connectivity index (χ4v) is 4.43. The van der Waals surface area contributed by atoms with Gasteiger partial charge in [0.25, 0.3) is 5.91 Å². The summed E-state index contributed by atoms with van der Waals surface area (Å²) in [6.07, 6.45) is 0.599. The standard InChI is InChI=1S/C21H18F2N2OS/c1-11-3-5-16(23)20-19(11)15(12(2)25-20)7-8-24-21(26)18-10-13-9-14(22)4-6-17(13)27-18/h3-6,9-10,25H,7-8H2,1-2H3,(H,24,26). The Morgan fingerprint density at radius 1 is 1.15 bits per heavy atom. The number of nitrogens with one attached hydrogen (secondary N) is 2. The van der Waals surface area contributed by atoms with Crippen LogP contribution in [0, 0.1) is 25.5 Å². The number of carbonyl (C=O) groups is 1. The fourth-order valence-electron chi connectivity index (χ4n) is 3.47. The summed E-state index contributed by atoms with van der Waals surface area (Å²) in [6.45, 7) is 4.30. The third-order valence-corrected chi connectivity index (χ3v) is 5.91. The van der Waals surface area contributed by atoms with E-state index in [1.165, 1.54) is 29.5 Å². The Bertz CT molecular complexity index is 1180. The number of H-pyrrole nitrogens is 1. The quantitative estimate of drug-likeness (QED) is 0.496. The molecule has 138 valence electrons. The molecular formula is C21H18F2N2OS. The molecular weight excluding hydrogens is 366 g/mol. The number of carbonyl (C=O) groups excluding carboxylic acids is 1. The van der Waals surface area contributed by atoms with Gasteiger partial charge in [0.15, 0.2) is 0 Å². The van der Waals surface area contributed by atoms with Gasteiger partial charge >= 0.3 is 0 Å². The van der Waals surface area contributed by atoms with Gasteiger partial charge < -0.3 is 10.3 Å². The summed E-state index contributed by atoms with van der Waals surface area (Å²) in [5.41, 5.74) is 3.44. The van der Waals surface area contributed by atoms with Gasteiger partial charge in [-0.3, -0.25) is 4.79 Å². The largest absolute Gasteiger partial charge is 0.356 e. The number of aromatic amines is 1. The van der Waals surface area contributed by atoms with Gasteiger partial charge in [-0.2, -0.15) is 0 Å². The topological polar surface area (TPSA) is 44.9 Å². The van der Waals surface area contributed by atoms with Crippen LogP contribution in [0.4, 0.5) is 8.78 Å². The number of halogens is 2. The van der Waals surface area contributed by atoms with Crippen LogP contribution in [0.25, 0.3) is 21.0 Å². The molecule has 2 N–H and O–H groups in total. The van der Waals surface area contributed by atoms with Crippen molar-refractivity contribution in [3.8, 4) is 0 Å². The molecule has 1 amide bonds. The molecule has 6 heteroatoms. The molecule has 27 heavy (non-hydrogen) atoms. The number of amides is 1. The molecule has 2 heterocycles. The van der Waals surface area contributed by atoms with Gasteiger partial charge in [0.1, 0.15) is 11.6 Å². The Morgan fingerprint density at radius 3 is 2.78 bits per heavy atom. The van der Waals surface area contributed by atoms with Crippen LogP contribution in [0.15, 0.2) is 36.4 Å². The highest BCUT2D eigenvalue weighted by Gasteiger charge is 2.15. The number of hydrogen-bond acceptors (Lipinski definition) is 2. The molecule has 0 bridgehead atoms. The van der Waals surface area contributed by atoms with Crippen LogP contribution in [-0.2, 0) is 6.42 Å². The molecule has 3 nitrogen and oxygen atoms in total. The second-order valence-corrected chi connectivity index (χ2v) is 7.73. The summed E-state index contributed by atoms with van der Waals surface area (Å²) < 4.78 is 28.2. The first kappa shape index (κ1) is 17.7. The van der Waals surface area contributed by atoms with Crippen molar-refractivity contribution in [2.45, 2.75) is 20.3 Å². The molecule has 0 fully saturated rings. The zero-order valence-electron chi connectivity index (χ0n) is 15.0. The molecule has 0 aliphatic carbocycles. The van der Waals surface area contributed by atoms with Crippen molar-refractivity contribution in [3.63, 3.8) is 0 Å². The smallest absolute Gasteiger partial charge is 0.261 e. The van der Waals surface area contributed by atoms with E-state index in [4.69, 9.17) is 0 Å². The summed E-state index contributed by atoms with van der Waals surface area (Å²) in [5, 5.41) is 4.52. The molecule has 0 aliphatic heterocycles. The number of rotatable bonds is 4. The van der Waals surface area contributed by atoms with Gasteiger partial charge in [-0.25, -0.2) is 8.78 Å². The molecule has 4 rings (SSSR count). The lowest BCUT2D eigenvalue weighted by atomic mass is 10.0. The van der Waals surface area contributed by atoms with Crippen LogP contribution in [-0.4, -0.2) is 17.4 Å². The normalized spacial score (nSPS) is 11.4. The SMILES string of the molecule is Cc1[nH]c2c(F)ccc(C)c2c1CCNC(=O)c1cc2cc(F)ccc2s1. The number of thiophene rings is 1.